The van der Waals surface area contributed by atoms with Crippen LogP contribution < -0.4 is 10.9 Å². The molecule has 4 rings (SSSR count). The Labute approximate surface area is 165 Å². The molecule has 0 spiro atoms. The molecule has 1 N–H and O–H groups in total. The van der Waals surface area contributed by atoms with E-state index in [0.717, 1.165) is 23.5 Å². The van der Waals surface area contributed by atoms with E-state index >= 15 is 0 Å². The van der Waals surface area contributed by atoms with E-state index in [0.29, 0.717) is 26.8 Å². The van der Waals surface area contributed by atoms with Crippen LogP contribution in [-0.2, 0) is 6.18 Å². The van der Waals surface area contributed by atoms with Gasteiger partial charge in [-0.15, -0.1) is 11.3 Å². The molecule has 0 aliphatic heterocycles. The summed E-state index contributed by atoms with van der Waals surface area (Å²) in [5.74, 6) is 0. The number of hydrogen-bond donors (Lipinski definition) is 1. The van der Waals surface area contributed by atoms with Crippen molar-refractivity contribution in [1.29, 1.82) is 0 Å². The predicted molar refractivity (Wildman–Crippen MR) is 103 cm³/mol. The van der Waals surface area contributed by atoms with Gasteiger partial charge in [0, 0.05) is 21.5 Å². The number of anilines is 2. The molecule has 0 bridgehead atoms. The quantitative estimate of drug-likeness (QED) is 0.392. The van der Waals surface area contributed by atoms with Crippen molar-refractivity contribution in [3.05, 3.63) is 74.9 Å². The fraction of sp³-hybridized carbons (Fsp3) is 0.0526. The molecule has 0 fully saturated rings. The number of hydrogen-bond acceptors (Lipinski definition) is 5. The Morgan fingerprint density at radius 2 is 1.93 bits per heavy atom. The Morgan fingerprint density at radius 1 is 1.11 bits per heavy atom. The first-order chi connectivity index (χ1) is 13.3. The molecule has 4 nitrogen and oxygen atoms in total. The number of alkyl halides is 3. The van der Waals surface area contributed by atoms with Crippen molar-refractivity contribution in [3.8, 4) is 11.3 Å². The standard InChI is InChI=1S/C19H10ClF3N2O2S/c20-12-4-5-16-10(6-12)7-14(17(26)27-16)15-9-28-18(25-15)24-13-3-1-2-11(8-13)19(21,22)23/h1-9H,(H,24,25). The second-order valence-electron chi connectivity index (χ2n) is 5.87. The van der Waals surface area contributed by atoms with Gasteiger partial charge in [-0.25, -0.2) is 9.78 Å². The zero-order valence-electron chi connectivity index (χ0n) is 13.9. The highest BCUT2D eigenvalue weighted by atomic mass is 35.5. The minimum atomic E-state index is -4.43. The maximum atomic E-state index is 12.8. The molecule has 0 unspecified atom stereocenters. The Balaban J connectivity index is 1.66. The number of thiazole rings is 1. The molecule has 2 aromatic carbocycles. The van der Waals surface area contributed by atoms with Crippen molar-refractivity contribution in [2.24, 2.45) is 0 Å². The molecule has 142 valence electrons. The second-order valence-corrected chi connectivity index (χ2v) is 7.17. The Kier molecular flexibility index (Phi) is 4.60. The average Bonchev–Trinajstić information content (AvgIpc) is 3.09. The number of fused-ring (bicyclic) bond motifs is 1. The summed E-state index contributed by atoms with van der Waals surface area (Å²) >= 11 is 7.13. The maximum Gasteiger partial charge on any atom is 0.416 e. The lowest BCUT2D eigenvalue weighted by Crippen LogP contribution is -2.05. The summed E-state index contributed by atoms with van der Waals surface area (Å²) in [6.45, 7) is 0. The van der Waals surface area contributed by atoms with Gasteiger partial charge in [-0.1, -0.05) is 17.7 Å². The minimum absolute atomic E-state index is 0.239. The van der Waals surface area contributed by atoms with Crippen molar-refractivity contribution in [1.82, 2.24) is 4.98 Å². The normalized spacial score (nSPS) is 11.7. The van der Waals surface area contributed by atoms with E-state index in [1.165, 1.54) is 12.1 Å². The summed E-state index contributed by atoms with van der Waals surface area (Å²) < 4.78 is 43.8. The van der Waals surface area contributed by atoms with Crippen molar-refractivity contribution < 1.29 is 17.6 Å². The molecule has 4 aromatic rings. The second kappa shape index (κ2) is 6.96. The number of nitrogens with zero attached hydrogens (tertiary/aromatic N) is 1. The summed E-state index contributed by atoms with van der Waals surface area (Å²) in [5.41, 5.74) is -0.0889. The van der Waals surface area contributed by atoms with Gasteiger partial charge in [0.2, 0.25) is 0 Å². The molecular formula is C19H10ClF3N2O2S. The van der Waals surface area contributed by atoms with Crippen LogP contribution in [-0.4, -0.2) is 4.98 Å². The fourth-order valence-electron chi connectivity index (χ4n) is 2.62. The van der Waals surface area contributed by atoms with Crippen molar-refractivity contribution >= 4 is 44.7 Å². The maximum absolute atomic E-state index is 12.8. The van der Waals surface area contributed by atoms with Crippen LogP contribution in [0.3, 0.4) is 0 Å². The van der Waals surface area contributed by atoms with Gasteiger partial charge in [-0.05, 0) is 42.5 Å². The van der Waals surface area contributed by atoms with E-state index in [9.17, 15) is 18.0 Å². The van der Waals surface area contributed by atoms with Gasteiger partial charge in [-0.3, -0.25) is 0 Å². The number of aromatic nitrogens is 1. The van der Waals surface area contributed by atoms with E-state index in [2.05, 4.69) is 10.3 Å². The molecule has 0 amide bonds. The van der Waals surface area contributed by atoms with E-state index < -0.39 is 17.4 Å². The molecule has 0 radical (unpaired) electrons. The van der Waals surface area contributed by atoms with E-state index in [-0.39, 0.29) is 11.3 Å². The van der Waals surface area contributed by atoms with E-state index in [1.54, 1.807) is 29.6 Å². The summed E-state index contributed by atoms with van der Waals surface area (Å²) in [6, 6.07) is 11.3. The van der Waals surface area contributed by atoms with Crippen molar-refractivity contribution in [3.63, 3.8) is 0 Å². The highest BCUT2D eigenvalue weighted by molar-refractivity contribution is 7.14. The number of benzene rings is 2. The van der Waals surface area contributed by atoms with Gasteiger partial charge in [-0.2, -0.15) is 13.2 Å². The molecule has 0 saturated carbocycles. The zero-order valence-corrected chi connectivity index (χ0v) is 15.5. The van der Waals surface area contributed by atoms with Crippen LogP contribution in [0.15, 0.2) is 63.1 Å². The number of rotatable bonds is 3. The lowest BCUT2D eigenvalue weighted by Gasteiger charge is -2.08. The Hall–Kier alpha value is -2.84. The average molecular weight is 423 g/mol. The third kappa shape index (κ3) is 3.74. The molecule has 0 saturated heterocycles. The van der Waals surface area contributed by atoms with Crippen LogP contribution in [0.5, 0.6) is 0 Å². The largest absolute Gasteiger partial charge is 0.422 e. The highest BCUT2D eigenvalue weighted by Crippen LogP contribution is 2.32. The predicted octanol–water partition coefficient (Wildman–Crippen LogP) is 6.33. The number of nitrogens with one attached hydrogen (secondary N) is 1. The summed E-state index contributed by atoms with van der Waals surface area (Å²) in [4.78, 5) is 16.6. The summed E-state index contributed by atoms with van der Waals surface area (Å²) in [5, 5.41) is 5.94. The lowest BCUT2D eigenvalue weighted by atomic mass is 10.1. The van der Waals surface area contributed by atoms with Gasteiger partial charge in [0.05, 0.1) is 16.8 Å². The highest BCUT2D eigenvalue weighted by Gasteiger charge is 2.30. The first kappa shape index (κ1) is 18.5. The van der Waals surface area contributed by atoms with Crippen LogP contribution in [0.1, 0.15) is 5.56 Å². The van der Waals surface area contributed by atoms with Gasteiger partial charge in [0.1, 0.15) is 5.58 Å². The molecule has 0 aliphatic rings. The van der Waals surface area contributed by atoms with Crippen LogP contribution >= 0.6 is 22.9 Å². The van der Waals surface area contributed by atoms with Gasteiger partial charge >= 0.3 is 11.8 Å². The van der Waals surface area contributed by atoms with E-state index in [4.69, 9.17) is 16.0 Å². The Bertz CT molecular complexity index is 1230. The molecule has 9 heteroatoms. The molecular weight excluding hydrogens is 413 g/mol. The first-order valence-corrected chi connectivity index (χ1v) is 9.19. The monoisotopic (exact) mass is 422 g/mol. The Morgan fingerprint density at radius 3 is 2.71 bits per heavy atom. The van der Waals surface area contributed by atoms with Gasteiger partial charge < -0.3 is 9.73 Å². The smallest absolute Gasteiger partial charge is 0.416 e. The molecule has 2 aromatic heterocycles. The van der Waals surface area contributed by atoms with E-state index in [1.807, 2.05) is 0 Å². The zero-order chi connectivity index (χ0) is 19.9. The number of halogens is 4. The van der Waals surface area contributed by atoms with Crippen LogP contribution in [0.2, 0.25) is 5.02 Å². The topological polar surface area (TPSA) is 55.1 Å². The third-order valence-corrected chi connectivity index (χ3v) is 4.91. The van der Waals surface area contributed by atoms with Crippen LogP contribution in [0, 0.1) is 0 Å². The minimum Gasteiger partial charge on any atom is -0.422 e. The third-order valence-electron chi connectivity index (χ3n) is 3.92. The van der Waals surface area contributed by atoms with Crippen molar-refractivity contribution in [2.45, 2.75) is 6.18 Å². The van der Waals surface area contributed by atoms with Crippen LogP contribution in [0.25, 0.3) is 22.2 Å². The lowest BCUT2D eigenvalue weighted by molar-refractivity contribution is -0.137. The fourth-order valence-corrected chi connectivity index (χ4v) is 3.54. The molecule has 28 heavy (non-hydrogen) atoms. The summed E-state index contributed by atoms with van der Waals surface area (Å²) in [7, 11) is 0. The van der Waals surface area contributed by atoms with Crippen molar-refractivity contribution in [2.75, 3.05) is 5.32 Å². The molecule has 2 heterocycles. The molecule has 0 atom stereocenters. The van der Waals surface area contributed by atoms with Gasteiger partial charge in [0.25, 0.3) is 0 Å². The van der Waals surface area contributed by atoms with Crippen LogP contribution in [0.4, 0.5) is 24.0 Å². The SMILES string of the molecule is O=c1oc2ccc(Cl)cc2cc1-c1csc(Nc2cccc(C(F)(F)F)c2)n1. The first-order valence-electron chi connectivity index (χ1n) is 7.93. The molecule has 0 aliphatic carbocycles. The van der Waals surface area contributed by atoms with Gasteiger partial charge in [0.15, 0.2) is 5.13 Å². The summed E-state index contributed by atoms with van der Waals surface area (Å²) in [6.07, 6.45) is -4.43.